The van der Waals surface area contributed by atoms with Crippen LogP contribution in [0.25, 0.3) is 0 Å². The number of hydrogen-bond acceptors (Lipinski definition) is 6. The molecule has 1 rings (SSSR count). The zero-order valence-corrected chi connectivity index (χ0v) is 13.1. The number of alkyl halides is 1. The summed E-state index contributed by atoms with van der Waals surface area (Å²) in [7, 11) is 0. The molecular formula is C12H16INO6. The highest BCUT2D eigenvalue weighted by molar-refractivity contribution is 14.1. The fourth-order valence-electron chi connectivity index (χ4n) is 1.50. The van der Waals surface area contributed by atoms with Crippen molar-refractivity contribution in [2.45, 2.75) is 32.1 Å². The van der Waals surface area contributed by atoms with Crippen LogP contribution >= 0.6 is 22.6 Å². The molecule has 0 N–H and O–H groups in total. The van der Waals surface area contributed by atoms with Crippen molar-refractivity contribution in [1.82, 2.24) is 5.06 Å². The van der Waals surface area contributed by atoms with E-state index in [1.165, 1.54) is 0 Å². The standard InChI is InChI=1S/C12H16INO6/c13-8-9(15)2-1-6-19-7-5-12(18)20-14-10(16)3-4-11(14)17/h1-8H2. The number of ketones is 1. The highest BCUT2D eigenvalue weighted by Crippen LogP contribution is 2.12. The lowest BCUT2D eigenvalue weighted by atomic mass is 10.2. The molecule has 8 heteroatoms. The molecule has 7 nitrogen and oxygen atoms in total. The van der Waals surface area contributed by atoms with Crippen LogP contribution in [-0.4, -0.2) is 46.3 Å². The smallest absolute Gasteiger partial charge is 0.335 e. The van der Waals surface area contributed by atoms with Crippen LogP contribution < -0.4 is 0 Å². The average Bonchev–Trinajstić information content (AvgIpc) is 2.74. The van der Waals surface area contributed by atoms with Gasteiger partial charge in [0.2, 0.25) is 0 Å². The molecule has 0 atom stereocenters. The molecule has 20 heavy (non-hydrogen) atoms. The van der Waals surface area contributed by atoms with Crippen molar-refractivity contribution in [3.63, 3.8) is 0 Å². The first-order valence-electron chi connectivity index (χ1n) is 6.26. The SMILES string of the molecule is O=C(CI)CCCOCCC(=O)ON1C(=O)CCC1=O. The van der Waals surface area contributed by atoms with Crippen molar-refractivity contribution in [2.75, 3.05) is 17.6 Å². The second-order valence-electron chi connectivity index (χ2n) is 4.18. The number of Topliss-reactive ketones (excluding diaryl/α,β-unsaturated/α-hetero) is 1. The summed E-state index contributed by atoms with van der Waals surface area (Å²) in [6.07, 6.45) is 1.18. The minimum Gasteiger partial charge on any atom is -0.381 e. The Morgan fingerprint density at radius 2 is 1.75 bits per heavy atom. The largest absolute Gasteiger partial charge is 0.381 e. The molecule has 1 aliphatic heterocycles. The molecule has 0 saturated carbocycles. The van der Waals surface area contributed by atoms with Crippen LogP contribution in [0.2, 0.25) is 0 Å². The Hall–Kier alpha value is -1.03. The lowest BCUT2D eigenvalue weighted by molar-refractivity contribution is -0.198. The topological polar surface area (TPSA) is 90.0 Å². The number of nitrogens with zero attached hydrogens (tertiary/aromatic N) is 1. The second-order valence-corrected chi connectivity index (χ2v) is 4.95. The predicted molar refractivity (Wildman–Crippen MR) is 75.7 cm³/mol. The van der Waals surface area contributed by atoms with Crippen LogP contribution in [0.5, 0.6) is 0 Å². The van der Waals surface area contributed by atoms with E-state index >= 15 is 0 Å². The van der Waals surface area contributed by atoms with Gasteiger partial charge in [0, 0.05) is 25.9 Å². The second kappa shape index (κ2) is 9.01. The molecule has 0 aliphatic carbocycles. The number of hydrogen-bond donors (Lipinski definition) is 0. The van der Waals surface area contributed by atoms with Crippen LogP contribution in [0, 0.1) is 0 Å². The normalized spacial score (nSPS) is 14.8. The number of hydroxylamine groups is 2. The van der Waals surface area contributed by atoms with Gasteiger partial charge in [0.15, 0.2) is 0 Å². The molecule has 1 aliphatic rings. The molecule has 0 radical (unpaired) electrons. The molecule has 1 heterocycles. The number of imide groups is 1. The average molecular weight is 397 g/mol. The highest BCUT2D eigenvalue weighted by atomic mass is 127. The van der Waals surface area contributed by atoms with Crippen molar-refractivity contribution in [3.05, 3.63) is 0 Å². The van der Waals surface area contributed by atoms with Gasteiger partial charge in [-0.2, -0.15) is 0 Å². The maximum Gasteiger partial charge on any atom is 0.335 e. The van der Waals surface area contributed by atoms with Gasteiger partial charge in [-0.25, -0.2) is 4.79 Å². The van der Waals surface area contributed by atoms with Gasteiger partial charge >= 0.3 is 5.97 Å². The number of carbonyl (C=O) groups excluding carboxylic acids is 4. The number of rotatable bonds is 9. The van der Waals surface area contributed by atoms with Gasteiger partial charge in [0.25, 0.3) is 11.8 Å². The molecule has 1 saturated heterocycles. The van der Waals surface area contributed by atoms with Gasteiger partial charge in [-0.05, 0) is 6.42 Å². The Balaban J connectivity index is 2.07. The van der Waals surface area contributed by atoms with Crippen molar-refractivity contribution in [1.29, 1.82) is 0 Å². The summed E-state index contributed by atoms with van der Waals surface area (Å²) < 4.78 is 5.66. The molecule has 0 aromatic carbocycles. The molecule has 0 bridgehead atoms. The Morgan fingerprint density at radius 1 is 1.10 bits per heavy atom. The van der Waals surface area contributed by atoms with E-state index in [1.54, 1.807) is 0 Å². The van der Waals surface area contributed by atoms with E-state index in [9.17, 15) is 19.2 Å². The molecule has 112 valence electrons. The summed E-state index contributed by atoms with van der Waals surface area (Å²) in [5.41, 5.74) is 0. The third-order valence-corrected chi connectivity index (χ3v) is 3.39. The fourth-order valence-corrected chi connectivity index (χ4v) is 1.88. The first-order valence-corrected chi connectivity index (χ1v) is 7.79. The Labute approximate surface area is 130 Å². The molecule has 2 amide bonds. The van der Waals surface area contributed by atoms with E-state index in [-0.39, 0.29) is 31.7 Å². The van der Waals surface area contributed by atoms with Crippen LogP contribution in [-0.2, 0) is 28.8 Å². The highest BCUT2D eigenvalue weighted by Gasteiger charge is 2.32. The third kappa shape index (κ3) is 5.95. The Bertz CT molecular complexity index is 381. The molecule has 0 aromatic heterocycles. The van der Waals surface area contributed by atoms with Gasteiger partial charge in [0.05, 0.1) is 17.5 Å². The van der Waals surface area contributed by atoms with Gasteiger partial charge in [-0.1, -0.05) is 22.6 Å². The predicted octanol–water partition coefficient (Wildman–Crippen LogP) is 0.785. The van der Waals surface area contributed by atoms with E-state index in [2.05, 4.69) is 4.84 Å². The molecular weight excluding hydrogens is 381 g/mol. The number of carbonyl (C=O) groups is 4. The summed E-state index contributed by atoms with van der Waals surface area (Å²) >= 11 is 2.01. The first kappa shape index (κ1) is 17.0. The maximum absolute atomic E-state index is 11.4. The summed E-state index contributed by atoms with van der Waals surface area (Å²) in [6, 6.07) is 0. The monoisotopic (exact) mass is 397 g/mol. The van der Waals surface area contributed by atoms with Crippen LogP contribution in [0.4, 0.5) is 0 Å². The van der Waals surface area contributed by atoms with Gasteiger partial charge in [-0.3, -0.25) is 14.4 Å². The number of amides is 2. The van der Waals surface area contributed by atoms with E-state index in [1.807, 2.05) is 22.6 Å². The zero-order chi connectivity index (χ0) is 15.0. The van der Waals surface area contributed by atoms with E-state index in [4.69, 9.17) is 4.74 Å². The maximum atomic E-state index is 11.4. The van der Waals surface area contributed by atoms with Gasteiger partial charge in [-0.15, -0.1) is 5.06 Å². The summed E-state index contributed by atoms with van der Waals surface area (Å²) in [6.45, 7) is 0.519. The molecule has 0 unspecified atom stereocenters. The molecule has 1 fully saturated rings. The lowest BCUT2D eigenvalue weighted by Crippen LogP contribution is -2.32. The summed E-state index contributed by atoms with van der Waals surface area (Å²) in [4.78, 5) is 49.4. The van der Waals surface area contributed by atoms with E-state index in [0.717, 1.165) is 0 Å². The molecule has 0 spiro atoms. The fraction of sp³-hybridized carbons (Fsp3) is 0.667. The van der Waals surface area contributed by atoms with Gasteiger partial charge < -0.3 is 9.57 Å². The minimum absolute atomic E-state index is 0.0444. The van der Waals surface area contributed by atoms with Crippen molar-refractivity contribution in [3.8, 4) is 0 Å². The summed E-state index contributed by atoms with van der Waals surface area (Å²) in [5.74, 6) is -1.51. The lowest BCUT2D eigenvalue weighted by Gasteiger charge is -2.12. The van der Waals surface area contributed by atoms with Gasteiger partial charge in [0.1, 0.15) is 5.78 Å². The van der Waals surface area contributed by atoms with Crippen LogP contribution in [0.3, 0.4) is 0 Å². The Kier molecular flexibility index (Phi) is 7.67. The number of halogens is 1. The summed E-state index contributed by atoms with van der Waals surface area (Å²) in [5, 5.41) is 0.515. The van der Waals surface area contributed by atoms with E-state index in [0.29, 0.717) is 28.9 Å². The van der Waals surface area contributed by atoms with Crippen molar-refractivity contribution in [2.24, 2.45) is 0 Å². The van der Waals surface area contributed by atoms with Crippen molar-refractivity contribution < 1.29 is 28.8 Å². The first-order chi connectivity index (χ1) is 9.54. The van der Waals surface area contributed by atoms with E-state index < -0.39 is 17.8 Å². The third-order valence-electron chi connectivity index (χ3n) is 2.54. The van der Waals surface area contributed by atoms with Crippen LogP contribution in [0.15, 0.2) is 0 Å². The molecule has 0 aromatic rings. The Morgan fingerprint density at radius 3 is 2.35 bits per heavy atom. The quantitative estimate of drug-likeness (QED) is 0.247. The number of ether oxygens (including phenoxy) is 1. The van der Waals surface area contributed by atoms with Crippen molar-refractivity contribution >= 4 is 46.2 Å². The zero-order valence-electron chi connectivity index (χ0n) is 10.9. The minimum atomic E-state index is -0.683. The van der Waals surface area contributed by atoms with Crippen LogP contribution in [0.1, 0.15) is 32.1 Å².